The molecule has 37 heavy (non-hydrogen) atoms. The summed E-state index contributed by atoms with van der Waals surface area (Å²) < 4.78 is 5.77. The number of carbonyl (C=O) groups excluding carboxylic acids is 1. The van der Waals surface area contributed by atoms with Gasteiger partial charge in [-0.05, 0) is 64.6 Å². The second-order valence-corrected chi connectivity index (χ2v) is 11.3. The Hall–Kier alpha value is -3.94. The van der Waals surface area contributed by atoms with Crippen molar-refractivity contribution in [1.82, 2.24) is 5.43 Å². The van der Waals surface area contributed by atoms with Crippen LogP contribution >= 0.6 is 0 Å². The lowest BCUT2D eigenvalue weighted by Gasteiger charge is -2.28. The maximum Gasteiger partial charge on any atom is 0.269 e. The zero-order valence-corrected chi connectivity index (χ0v) is 22.5. The number of carbonyl (C=O) groups is 1. The summed E-state index contributed by atoms with van der Waals surface area (Å²) in [6, 6.07) is 12.0. The summed E-state index contributed by atoms with van der Waals surface area (Å²) in [6.07, 6.45) is 2.16. The first-order valence-electron chi connectivity index (χ1n) is 12.2. The Morgan fingerprint density at radius 2 is 1.68 bits per heavy atom. The number of nitrogens with zero attached hydrogens (tertiary/aromatic N) is 2. The summed E-state index contributed by atoms with van der Waals surface area (Å²) in [7, 11) is 0. The Morgan fingerprint density at radius 1 is 1.05 bits per heavy atom. The minimum atomic E-state index is -0.436. The van der Waals surface area contributed by atoms with Crippen molar-refractivity contribution in [2.45, 2.75) is 72.1 Å². The van der Waals surface area contributed by atoms with Crippen LogP contribution in [0.5, 0.6) is 5.75 Å². The zero-order chi connectivity index (χ0) is 27.5. The summed E-state index contributed by atoms with van der Waals surface area (Å²) >= 11 is 0. The highest BCUT2D eigenvalue weighted by Crippen LogP contribution is 2.40. The first kappa shape index (κ1) is 27.6. The van der Waals surface area contributed by atoms with E-state index in [0.29, 0.717) is 23.7 Å². The summed E-state index contributed by atoms with van der Waals surface area (Å²) in [6.45, 7) is 14.1. The second kappa shape index (κ2) is 10.6. The summed E-state index contributed by atoms with van der Waals surface area (Å²) in [5.41, 5.74) is 6.26. The van der Waals surface area contributed by atoms with Crippen molar-refractivity contribution in [1.29, 1.82) is 0 Å². The standard InChI is InChI=1S/C29H35N3O5/c1-18-14-20(32(35)36)9-11-22(18)25-12-10-21(37-25)17-30-31-26(33)13-8-19-15-23(28(2,3)4)27(34)24(16-19)29(5,6)7/h9-12,14-17,34H,8,13H2,1-7H3,(H,31,33). The van der Waals surface area contributed by atoms with Gasteiger partial charge in [-0.25, -0.2) is 5.43 Å². The van der Waals surface area contributed by atoms with Gasteiger partial charge < -0.3 is 9.52 Å². The number of hydrogen-bond donors (Lipinski definition) is 2. The molecule has 1 heterocycles. The van der Waals surface area contributed by atoms with Gasteiger partial charge in [-0.1, -0.05) is 53.7 Å². The number of hydrogen-bond acceptors (Lipinski definition) is 6. The molecule has 0 saturated carbocycles. The lowest BCUT2D eigenvalue weighted by molar-refractivity contribution is -0.384. The normalized spacial score (nSPS) is 12.2. The summed E-state index contributed by atoms with van der Waals surface area (Å²) in [4.78, 5) is 22.9. The van der Waals surface area contributed by atoms with Gasteiger partial charge in [-0.3, -0.25) is 14.9 Å². The number of furan rings is 1. The third-order valence-corrected chi connectivity index (χ3v) is 6.12. The maximum absolute atomic E-state index is 12.4. The fraction of sp³-hybridized carbons (Fsp3) is 0.379. The summed E-state index contributed by atoms with van der Waals surface area (Å²) in [5, 5.41) is 25.8. The molecule has 196 valence electrons. The number of phenolic OH excluding ortho intramolecular Hbond substituents is 1. The number of hydrazone groups is 1. The van der Waals surface area contributed by atoms with Gasteiger partial charge >= 0.3 is 0 Å². The zero-order valence-electron chi connectivity index (χ0n) is 22.5. The van der Waals surface area contributed by atoms with E-state index >= 15 is 0 Å². The summed E-state index contributed by atoms with van der Waals surface area (Å²) in [5.74, 6) is 1.07. The largest absolute Gasteiger partial charge is 0.507 e. The molecule has 0 fully saturated rings. The van der Waals surface area contributed by atoms with Crippen molar-refractivity contribution in [2.75, 3.05) is 0 Å². The third-order valence-electron chi connectivity index (χ3n) is 6.12. The number of nitro benzene ring substituents is 1. The van der Waals surface area contributed by atoms with Crippen molar-refractivity contribution in [2.24, 2.45) is 5.10 Å². The molecule has 1 amide bonds. The highest BCUT2D eigenvalue weighted by molar-refractivity contribution is 5.81. The van der Waals surface area contributed by atoms with Gasteiger partial charge in [0.1, 0.15) is 17.3 Å². The first-order valence-corrected chi connectivity index (χ1v) is 12.2. The topological polar surface area (TPSA) is 118 Å². The molecule has 0 unspecified atom stereocenters. The monoisotopic (exact) mass is 505 g/mol. The van der Waals surface area contributed by atoms with Gasteiger partial charge in [0.05, 0.1) is 11.1 Å². The predicted octanol–water partition coefficient (Wildman–Crippen LogP) is 6.55. The van der Waals surface area contributed by atoms with Crippen LogP contribution in [0.1, 0.15) is 76.0 Å². The number of rotatable bonds is 7. The second-order valence-electron chi connectivity index (χ2n) is 11.3. The average Bonchev–Trinajstić information content (AvgIpc) is 3.25. The van der Waals surface area contributed by atoms with E-state index in [1.807, 2.05) is 12.1 Å². The first-order chi connectivity index (χ1) is 17.2. The number of aryl methyl sites for hydroxylation is 2. The van der Waals surface area contributed by atoms with Crippen LogP contribution in [-0.4, -0.2) is 22.2 Å². The molecule has 0 aliphatic heterocycles. The minimum Gasteiger partial charge on any atom is -0.507 e. The van der Waals surface area contributed by atoms with Crippen molar-refractivity contribution in [3.63, 3.8) is 0 Å². The van der Waals surface area contributed by atoms with Crippen LogP contribution in [-0.2, 0) is 22.0 Å². The van der Waals surface area contributed by atoms with E-state index < -0.39 is 4.92 Å². The fourth-order valence-electron chi connectivity index (χ4n) is 4.07. The molecule has 3 aromatic rings. The van der Waals surface area contributed by atoms with Gasteiger partial charge in [-0.15, -0.1) is 0 Å². The number of benzene rings is 2. The van der Waals surface area contributed by atoms with Crippen LogP contribution in [0.15, 0.2) is 52.0 Å². The van der Waals surface area contributed by atoms with E-state index in [0.717, 1.165) is 27.8 Å². The molecule has 0 aliphatic carbocycles. The van der Waals surface area contributed by atoms with E-state index in [1.54, 1.807) is 25.1 Å². The molecular formula is C29H35N3O5. The molecule has 0 aliphatic rings. The lowest BCUT2D eigenvalue weighted by atomic mass is 9.78. The molecule has 0 radical (unpaired) electrons. The Balaban J connectivity index is 1.65. The molecule has 1 aromatic heterocycles. The van der Waals surface area contributed by atoms with Crippen LogP contribution in [0.2, 0.25) is 0 Å². The van der Waals surface area contributed by atoms with E-state index in [4.69, 9.17) is 4.42 Å². The molecule has 0 atom stereocenters. The number of nitro groups is 1. The molecule has 8 nitrogen and oxygen atoms in total. The Bertz CT molecular complexity index is 1310. The van der Waals surface area contributed by atoms with Crippen LogP contribution in [0.3, 0.4) is 0 Å². The number of nitrogens with one attached hydrogen (secondary N) is 1. The third kappa shape index (κ3) is 6.84. The Kier molecular flexibility index (Phi) is 7.91. The molecule has 2 N–H and O–H groups in total. The predicted molar refractivity (Wildman–Crippen MR) is 145 cm³/mol. The lowest BCUT2D eigenvalue weighted by Crippen LogP contribution is -2.20. The number of non-ortho nitro benzene ring substituents is 1. The Labute approximate surface area is 217 Å². The van der Waals surface area contributed by atoms with Crippen LogP contribution in [0.4, 0.5) is 5.69 Å². The van der Waals surface area contributed by atoms with Crippen molar-refractivity contribution in [3.8, 4) is 17.1 Å². The smallest absolute Gasteiger partial charge is 0.269 e. The average molecular weight is 506 g/mol. The number of phenols is 1. The van der Waals surface area contributed by atoms with E-state index in [2.05, 4.69) is 52.1 Å². The SMILES string of the molecule is Cc1cc([N+](=O)[O-])ccc1-c1ccc(C=NNC(=O)CCc2cc(C(C)(C)C)c(O)c(C(C)(C)C)c2)o1. The van der Waals surface area contributed by atoms with Crippen LogP contribution in [0, 0.1) is 17.0 Å². The molecule has 0 spiro atoms. The van der Waals surface area contributed by atoms with Crippen molar-refractivity contribution >= 4 is 17.8 Å². The van der Waals surface area contributed by atoms with Crippen LogP contribution in [0.25, 0.3) is 11.3 Å². The van der Waals surface area contributed by atoms with Gasteiger partial charge in [-0.2, -0.15) is 5.10 Å². The van der Waals surface area contributed by atoms with E-state index in [9.17, 15) is 20.0 Å². The molecule has 3 rings (SSSR count). The highest BCUT2D eigenvalue weighted by Gasteiger charge is 2.26. The minimum absolute atomic E-state index is 0.0221. The molecule has 2 aromatic carbocycles. The Morgan fingerprint density at radius 3 is 2.22 bits per heavy atom. The van der Waals surface area contributed by atoms with Gasteiger partial charge in [0.2, 0.25) is 5.91 Å². The van der Waals surface area contributed by atoms with Gasteiger partial charge in [0.25, 0.3) is 5.69 Å². The van der Waals surface area contributed by atoms with Crippen molar-refractivity contribution < 1.29 is 19.2 Å². The quantitative estimate of drug-likeness (QED) is 0.214. The van der Waals surface area contributed by atoms with E-state index in [-0.39, 0.29) is 28.8 Å². The number of aromatic hydroxyl groups is 1. The molecule has 0 saturated heterocycles. The van der Waals surface area contributed by atoms with Gasteiger partial charge in [0.15, 0.2) is 0 Å². The van der Waals surface area contributed by atoms with Crippen molar-refractivity contribution in [3.05, 3.63) is 80.6 Å². The highest BCUT2D eigenvalue weighted by atomic mass is 16.6. The molecule has 0 bridgehead atoms. The molecular weight excluding hydrogens is 470 g/mol. The number of amides is 1. The maximum atomic E-state index is 12.4. The van der Waals surface area contributed by atoms with Gasteiger partial charge in [0, 0.05) is 24.1 Å². The van der Waals surface area contributed by atoms with Crippen LogP contribution < -0.4 is 5.43 Å². The molecule has 8 heteroatoms. The fourth-order valence-corrected chi connectivity index (χ4v) is 4.07. The van der Waals surface area contributed by atoms with E-state index in [1.165, 1.54) is 18.3 Å².